The standard InChI is InChI=1S/C25H28N6O4S/c1-16(32)26-18-9-7-17(8-10-18)13-30-14-20(31-15-22(28-29-31)25(34)35-2)12-23(30)24(33)27-19-5-4-6-21(11-19)36-3/h4-11,15,20,23H,12-14H2,1-3H3,(H,26,32)(H,27,33)/t20-,23-/m0/s1. The number of aromatic nitrogens is 3. The lowest BCUT2D eigenvalue weighted by Gasteiger charge is -2.23. The average Bonchev–Trinajstić information content (AvgIpc) is 3.52. The first-order chi connectivity index (χ1) is 17.4. The van der Waals surface area contributed by atoms with Gasteiger partial charge in [-0.05, 0) is 48.6 Å². The maximum atomic E-state index is 13.4. The molecule has 0 saturated carbocycles. The Hall–Kier alpha value is -3.70. The number of nitrogens with zero attached hydrogens (tertiary/aromatic N) is 4. The van der Waals surface area contributed by atoms with Gasteiger partial charge in [0.15, 0.2) is 5.69 Å². The zero-order chi connectivity index (χ0) is 25.7. The van der Waals surface area contributed by atoms with E-state index in [1.807, 2.05) is 54.8 Å². The van der Waals surface area contributed by atoms with E-state index in [9.17, 15) is 14.4 Å². The molecule has 3 aromatic rings. The summed E-state index contributed by atoms with van der Waals surface area (Å²) in [6.07, 6.45) is 4.04. The van der Waals surface area contributed by atoms with Crippen LogP contribution in [-0.4, -0.2) is 63.6 Å². The van der Waals surface area contributed by atoms with Crippen molar-refractivity contribution in [2.45, 2.75) is 36.9 Å². The molecule has 2 aromatic carbocycles. The monoisotopic (exact) mass is 508 g/mol. The van der Waals surface area contributed by atoms with Gasteiger partial charge in [-0.2, -0.15) is 0 Å². The van der Waals surface area contributed by atoms with Crippen molar-refractivity contribution in [1.29, 1.82) is 0 Å². The van der Waals surface area contributed by atoms with E-state index in [1.54, 1.807) is 22.6 Å². The van der Waals surface area contributed by atoms with Gasteiger partial charge in [0, 0.05) is 36.3 Å². The van der Waals surface area contributed by atoms with Crippen LogP contribution in [-0.2, 0) is 20.9 Å². The first-order valence-corrected chi connectivity index (χ1v) is 12.6. The van der Waals surface area contributed by atoms with E-state index < -0.39 is 12.0 Å². The third-order valence-corrected chi connectivity index (χ3v) is 6.69. The number of esters is 1. The van der Waals surface area contributed by atoms with Crippen molar-refractivity contribution in [2.24, 2.45) is 0 Å². The summed E-state index contributed by atoms with van der Waals surface area (Å²) >= 11 is 1.61. The summed E-state index contributed by atoms with van der Waals surface area (Å²) in [7, 11) is 1.29. The summed E-state index contributed by atoms with van der Waals surface area (Å²) in [5, 5.41) is 13.8. The molecule has 0 bridgehead atoms. The molecule has 0 aliphatic carbocycles. The van der Waals surface area contributed by atoms with Crippen LogP contribution in [0.15, 0.2) is 59.6 Å². The molecule has 0 radical (unpaired) electrons. The number of amides is 2. The van der Waals surface area contributed by atoms with E-state index in [4.69, 9.17) is 4.74 Å². The summed E-state index contributed by atoms with van der Waals surface area (Å²) in [6, 6.07) is 14.7. The van der Waals surface area contributed by atoms with Gasteiger partial charge in [-0.1, -0.05) is 23.4 Å². The van der Waals surface area contributed by atoms with Crippen LogP contribution in [0, 0.1) is 0 Å². The van der Waals surface area contributed by atoms with Crippen LogP contribution in [0.1, 0.15) is 35.4 Å². The van der Waals surface area contributed by atoms with E-state index in [2.05, 4.69) is 25.8 Å². The SMILES string of the molecule is COC(=O)c1cn([C@H]2C[C@@H](C(=O)Nc3cccc(SC)c3)N(Cc3ccc(NC(C)=O)cc3)C2)nn1. The quantitative estimate of drug-likeness (QED) is 0.352. The van der Waals surface area contributed by atoms with Crippen LogP contribution < -0.4 is 10.6 Å². The number of rotatable bonds is 8. The zero-order valence-corrected chi connectivity index (χ0v) is 21.1. The van der Waals surface area contributed by atoms with Crippen molar-refractivity contribution >= 4 is 40.9 Å². The lowest BCUT2D eigenvalue weighted by atomic mass is 10.1. The number of carbonyl (C=O) groups is 3. The Bertz CT molecular complexity index is 1250. The number of benzene rings is 2. The van der Waals surface area contributed by atoms with Gasteiger partial charge in [0.25, 0.3) is 0 Å². The third-order valence-electron chi connectivity index (χ3n) is 5.96. The molecule has 36 heavy (non-hydrogen) atoms. The normalized spacial score (nSPS) is 17.5. The first kappa shape index (κ1) is 25.4. The molecule has 2 atom stereocenters. The predicted octanol–water partition coefficient (Wildman–Crippen LogP) is 3.20. The smallest absolute Gasteiger partial charge is 0.360 e. The summed E-state index contributed by atoms with van der Waals surface area (Å²) < 4.78 is 6.36. The Morgan fingerprint density at radius 3 is 2.58 bits per heavy atom. The topological polar surface area (TPSA) is 118 Å². The number of nitrogens with one attached hydrogen (secondary N) is 2. The summed E-state index contributed by atoms with van der Waals surface area (Å²) in [4.78, 5) is 39.7. The molecule has 0 spiro atoms. The van der Waals surface area contributed by atoms with E-state index in [-0.39, 0.29) is 23.6 Å². The molecule has 0 unspecified atom stereocenters. The van der Waals surface area contributed by atoms with Gasteiger partial charge in [-0.25, -0.2) is 9.48 Å². The molecule has 1 fully saturated rings. The summed E-state index contributed by atoms with van der Waals surface area (Å²) in [6.45, 7) is 2.53. The van der Waals surface area contributed by atoms with Crippen molar-refractivity contribution in [2.75, 3.05) is 30.5 Å². The van der Waals surface area contributed by atoms with Gasteiger partial charge in [-0.3, -0.25) is 14.5 Å². The number of carbonyl (C=O) groups excluding carboxylic acids is 3. The van der Waals surface area contributed by atoms with Gasteiger partial charge < -0.3 is 15.4 Å². The highest BCUT2D eigenvalue weighted by molar-refractivity contribution is 7.98. The van der Waals surface area contributed by atoms with Crippen LogP contribution in [0.3, 0.4) is 0 Å². The molecule has 4 rings (SSSR count). The highest BCUT2D eigenvalue weighted by Gasteiger charge is 2.38. The number of anilines is 2. The maximum Gasteiger partial charge on any atom is 0.360 e. The molecule has 2 N–H and O–H groups in total. The van der Waals surface area contributed by atoms with Crippen LogP contribution in [0.5, 0.6) is 0 Å². The molecular formula is C25H28N6O4S. The van der Waals surface area contributed by atoms with Gasteiger partial charge in [0.05, 0.1) is 25.4 Å². The second-order valence-corrected chi connectivity index (χ2v) is 9.39. The van der Waals surface area contributed by atoms with Crippen LogP contribution in [0.4, 0.5) is 11.4 Å². The fraction of sp³-hybridized carbons (Fsp3) is 0.320. The van der Waals surface area contributed by atoms with Crippen molar-refractivity contribution in [3.8, 4) is 0 Å². The predicted molar refractivity (Wildman–Crippen MR) is 137 cm³/mol. The Balaban J connectivity index is 1.54. The highest BCUT2D eigenvalue weighted by atomic mass is 32.2. The van der Waals surface area contributed by atoms with Crippen molar-refractivity contribution in [1.82, 2.24) is 19.9 Å². The number of hydrogen-bond acceptors (Lipinski definition) is 8. The minimum atomic E-state index is -0.557. The van der Waals surface area contributed by atoms with Crippen molar-refractivity contribution in [3.63, 3.8) is 0 Å². The van der Waals surface area contributed by atoms with E-state index in [0.29, 0.717) is 25.2 Å². The lowest BCUT2D eigenvalue weighted by Crippen LogP contribution is -2.39. The van der Waals surface area contributed by atoms with E-state index in [0.717, 1.165) is 16.1 Å². The average molecular weight is 509 g/mol. The van der Waals surface area contributed by atoms with Crippen LogP contribution >= 0.6 is 11.8 Å². The molecule has 188 valence electrons. The Morgan fingerprint density at radius 2 is 1.89 bits per heavy atom. The molecule has 10 nitrogen and oxygen atoms in total. The largest absolute Gasteiger partial charge is 0.464 e. The molecular weight excluding hydrogens is 480 g/mol. The fourth-order valence-electron chi connectivity index (χ4n) is 4.23. The van der Waals surface area contributed by atoms with E-state index in [1.165, 1.54) is 14.0 Å². The molecule has 1 saturated heterocycles. The Kier molecular flexibility index (Phi) is 8.01. The molecule has 1 aliphatic heterocycles. The molecule has 2 amide bonds. The fourth-order valence-corrected chi connectivity index (χ4v) is 4.69. The third kappa shape index (κ3) is 6.10. The van der Waals surface area contributed by atoms with Gasteiger partial charge >= 0.3 is 5.97 Å². The Morgan fingerprint density at radius 1 is 1.11 bits per heavy atom. The molecule has 1 aliphatic rings. The highest BCUT2D eigenvalue weighted by Crippen LogP contribution is 2.30. The van der Waals surface area contributed by atoms with E-state index >= 15 is 0 Å². The molecule has 2 heterocycles. The first-order valence-electron chi connectivity index (χ1n) is 11.4. The lowest BCUT2D eigenvalue weighted by molar-refractivity contribution is -0.120. The van der Waals surface area contributed by atoms with Crippen molar-refractivity contribution < 1.29 is 19.1 Å². The number of hydrogen-bond donors (Lipinski definition) is 2. The number of thioether (sulfide) groups is 1. The van der Waals surface area contributed by atoms with Gasteiger partial charge in [0.2, 0.25) is 11.8 Å². The van der Waals surface area contributed by atoms with Gasteiger partial charge in [-0.15, -0.1) is 16.9 Å². The molecule has 1 aromatic heterocycles. The number of likely N-dealkylation sites (tertiary alicyclic amines) is 1. The second-order valence-electron chi connectivity index (χ2n) is 8.51. The second kappa shape index (κ2) is 11.4. The molecule has 11 heteroatoms. The maximum absolute atomic E-state index is 13.4. The zero-order valence-electron chi connectivity index (χ0n) is 20.3. The minimum absolute atomic E-state index is 0.112. The van der Waals surface area contributed by atoms with Gasteiger partial charge in [0.1, 0.15) is 0 Å². The van der Waals surface area contributed by atoms with Crippen LogP contribution in [0.25, 0.3) is 0 Å². The van der Waals surface area contributed by atoms with Crippen molar-refractivity contribution in [3.05, 3.63) is 66.0 Å². The van der Waals surface area contributed by atoms with Crippen LogP contribution in [0.2, 0.25) is 0 Å². The summed E-state index contributed by atoms with van der Waals surface area (Å²) in [5.74, 6) is -0.802. The number of methoxy groups -OCH3 is 1. The summed E-state index contributed by atoms with van der Waals surface area (Å²) in [5.41, 5.74) is 2.58. The number of ether oxygens (including phenoxy) is 1. The minimum Gasteiger partial charge on any atom is -0.464 e. The Labute approximate surface area is 213 Å².